The molecule has 0 spiro atoms. The number of carboxylic acid groups (broad SMARTS) is 1. The fourth-order valence-corrected chi connectivity index (χ4v) is 1.82. The molecule has 0 unspecified atom stereocenters. The van der Waals surface area contributed by atoms with Crippen molar-refractivity contribution in [3.05, 3.63) is 29.8 Å². The average molecular weight is 234 g/mol. The van der Waals surface area contributed by atoms with E-state index in [-0.39, 0.29) is 17.0 Å². The Morgan fingerprint density at radius 1 is 1.35 bits per heavy atom. The summed E-state index contributed by atoms with van der Waals surface area (Å²) < 4.78 is 0. The third kappa shape index (κ3) is 2.29. The zero-order valence-corrected chi connectivity index (χ0v) is 9.73. The van der Waals surface area contributed by atoms with E-state index >= 15 is 0 Å². The second-order valence-electron chi connectivity index (χ2n) is 4.75. The van der Waals surface area contributed by atoms with Crippen LogP contribution in [0.4, 0.5) is 5.69 Å². The van der Waals surface area contributed by atoms with Crippen LogP contribution in [0.25, 0.3) is 0 Å². The lowest BCUT2D eigenvalue weighted by Crippen LogP contribution is -2.42. The average Bonchev–Trinajstić information content (AvgIpc) is 2.52. The van der Waals surface area contributed by atoms with Gasteiger partial charge in [-0.25, -0.2) is 15.2 Å². The van der Waals surface area contributed by atoms with Gasteiger partial charge in [-0.3, -0.25) is 4.79 Å². The first-order chi connectivity index (χ1) is 7.89. The van der Waals surface area contributed by atoms with Crippen LogP contribution in [-0.4, -0.2) is 22.5 Å². The van der Waals surface area contributed by atoms with E-state index in [9.17, 15) is 9.59 Å². The molecule has 0 radical (unpaired) electrons. The summed E-state index contributed by atoms with van der Waals surface area (Å²) in [6.07, 6.45) is 0.424. The largest absolute Gasteiger partial charge is 0.478 e. The maximum Gasteiger partial charge on any atom is 0.335 e. The lowest BCUT2D eigenvalue weighted by molar-refractivity contribution is -0.117. The number of nitrogens with zero attached hydrogens (tertiary/aromatic N) is 1. The van der Waals surface area contributed by atoms with E-state index in [0.717, 1.165) is 0 Å². The van der Waals surface area contributed by atoms with Gasteiger partial charge < -0.3 is 5.11 Å². The Bertz CT molecular complexity index is 465. The smallest absolute Gasteiger partial charge is 0.335 e. The highest BCUT2D eigenvalue weighted by molar-refractivity contribution is 5.96. The quantitative estimate of drug-likeness (QED) is 0.811. The highest BCUT2D eigenvalue weighted by Crippen LogP contribution is 2.24. The number of benzene rings is 1. The summed E-state index contributed by atoms with van der Waals surface area (Å²) in [6.45, 7) is 3.88. The van der Waals surface area contributed by atoms with Gasteiger partial charge in [0.2, 0.25) is 5.91 Å². The first-order valence-corrected chi connectivity index (χ1v) is 5.33. The van der Waals surface area contributed by atoms with Crippen LogP contribution in [0.5, 0.6) is 0 Å². The van der Waals surface area contributed by atoms with E-state index < -0.39 is 5.97 Å². The predicted molar refractivity (Wildman–Crippen MR) is 62.7 cm³/mol. The van der Waals surface area contributed by atoms with Crippen LogP contribution in [-0.2, 0) is 4.79 Å². The molecule has 5 heteroatoms. The number of aromatic carboxylic acids is 1. The SMILES string of the molecule is CC1(C)CC(=O)N(c2ccc(C(=O)O)cc2)N1. The maximum absolute atomic E-state index is 11.8. The van der Waals surface area contributed by atoms with E-state index in [1.165, 1.54) is 17.1 Å². The molecule has 2 N–H and O–H groups in total. The molecule has 17 heavy (non-hydrogen) atoms. The molecule has 90 valence electrons. The van der Waals surface area contributed by atoms with Gasteiger partial charge in [0, 0.05) is 12.0 Å². The molecule has 5 nitrogen and oxygen atoms in total. The minimum absolute atomic E-state index is 0.0157. The predicted octanol–water partition coefficient (Wildman–Crippen LogP) is 1.40. The van der Waals surface area contributed by atoms with Gasteiger partial charge in [0.05, 0.1) is 11.3 Å². The number of rotatable bonds is 2. The van der Waals surface area contributed by atoms with Gasteiger partial charge in [-0.1, -0.05) is 0 Å². The molecule has 1 aromatic rings. The summed E-state index contributed by atoms with van der Waals surface area (Å²) in [5, 5.41) is 10.2. The van der Waals surface area contributed by atoms with Crippen LogP contribution in [0.2, 0.25) is 0 Å². The van der Waals surface area contributed by atoms with Gasteiger partial charge in [-0.05, 0) is 38.1 Å². The third-order valence-corrected chi connectivity index (χ3v) is 2.63. The van der Waals surface area contributed by atoms with Gasteiger partial charge in [-0.2, -0.15) is 0 Å². The highest BCUT2D eigenvalue weighted by Gasteiger charge is 2.35. The minimum Gasteiger partial charge on any atom is -0.478 e. The van der Waals surface area contributed by atoms with Gasteiger partial charge >= 0.3 is 5.97 Å². The Kier molecular flexibility index (Phi) is 2.63. The number of hydrogen-bond donors (Lipinski definition) is 2. The fraction of sp³-hybridized carbons (Fsp3) is 0.333. The molecule has 1 heterocycles. The molecular formula is C12H14N2O3. The van der Waals surface area contributed by atoms with Crippen molar-refractivity contribution in [2.75, 3.05) is 5.01 Å². The molecule has 1 saturated heterocycles. The summed E-state index contributed by atoms with van der Waals surface area (Å²) >= 11 is 0. The van der Waals surface area contributed by atoms with Crippen molar-refractivity contribution in [3.63, 3.8) is 0 Å². The first kappa shape index (κ1) is 11.6. The normalized spacial score (nSPS) is 18.5. The molecule has 0 atom stereocenters. The molecule has 1 amide bonds. The van der Waals surface area contributed by atoms with Crippen molar-refractivity contribution >= 4 is 17.6 Å². The van der Waals surface area contributed by atoms with E-state index in [1.54, 1.807) is 12.1 Å². The Morgan fingerprint density at radius 3 is 2.35 bits per heavy atom. The Labute approximate surface area is 99.0 Å². The summed E-state index contributed by atoms with van der Waals surface area (Å²) in [5.41, 5.74) is 3.69. The molecule has 1 aromatic carbocycles. The van der Waals surface area contributed by atoms with Crippen LogP contribution in [0.1, 0.15) is 30.6 Å². The van der Waals surface area contributed by atoms with Crippen molar-refractivity contribution < 1.29 is 14.7 Å². The lowest BCUT2D eigenvalue weighted by Gasteiger charge is -2.21. The standard InChI is InChI=1S/C12H14N2O3/c1-12(2)7-10(15)14(13-12)9-5-3-8(4-6-9)11(16)17/h3-6,13H,7H2,1-2H3,(H,16,17). The molecule has 0 saturated carbocycles. The molecular weight excluding hydrogens is 220 g/mol. The molecule has 0 aromatic heterocycles. The lowest BCUT2D eigenvalue weighted by atomic mass is 10.0. The number of carbonyl (C=O) groups excluding carboxylic acids is 1. The number of carbonyl (C=O) groups is 2. The van der Waals surface area contributed by atoms with Crippen molar-refractivity contribution in [1.29, 1.82) is 0 Å². The van der Waals surface area contributed by atoms with Crippen molar-refractivity contribution in [1.82, 2.24) is 5.43 Å². The van der Waals surface area contributed by atoms with E-state index in [0.29, 0.717) is 12.1 Å². The second kappa shape index (κ2) is 3.85. The zero-order valence-electron chi connectivity index (χ0n) is 9.73. The van der Waals surface area contributed by atoms with Crippen LogP contribution >= 0.6 is 0 Å². The summed E-state index contributed by atoms with van der Waals surface area (Å²) in [6, 6.07) is 6.21. The van der Waals surface area contributed by atoms with E-state index in [4.69, 9.17) is 5.11 Å². The molecule has 0 bridgehead atoms. The zero-order chi connectivity index (χ0) is 12.6. The van der Waals surface area contributed by atoms with Crippen LogP contribution < -0.4 is 10.4 Å². The fourth-order valence-electron chi connectivity index (χ4n) is 1.82. The summed E-state index contributed by atoms with van der Waals surface area (Å²) in [4.78, 5) is 22.5. The van der Waals surface area contributed by atoms with Crippen LogP contribution in [0, 0.1) is 0 Å². The number of nitrogens with one attached hydrogen (secondary N) is 1. The molecule has 2 rings (SSSR count). The Hall–Kier alpha value is -1.88. The van der Waals surface area contributed by atoms with Crippen molar-refractivity contribution in [3.8, 4) is 0 Å². The third-order valence-electron chi connectivity index (χ3n) is 2.63. The van der Waals surface area contributed by atoms with Gasteiger partial charge in [0.1, 0.15) is 0 Å². The number of anilines is 1. The topological polar surface area (TPSA) is 69.6 Å². The second-order valence-corrected chi connectivity index (χ2v) is 4.75. The van der Waals surface area contributed by atoms with Crippen molar-refractivity contribution in [2.24, 2.45) is 0 Å². The number of carboxylic acids is 1. The first-order valence-electron chi connectivity index (χ1n) is 5.33. The van der Waals surface area contributed by atoms with Gasteiger partial charge in [0.15, 0.2) is 0 Å². The van der Waals surface area contributed by atoms with Crippen molar-refractivity contribution in [2.45, 2.75) is 25.8 Å². The van der Waals surface area contributed by atoms with E-state index in [1.807, 2.05) is 13.8 Å². The molecule has 0 aliphatic carbocycles. The number of hydrazine groups is 1. The Balaban J connectivity index is 2.24. The van der Waals surface area contributed by atoms with Crippen LogP contribution in [0.3, 0.4) is 0 Å². The van der Waals surface area contributed by atoms with Gasteiger partial charge in [-0.15, -0.1) is 0 Å². The van der Waals surface area contributed by atoms with E-state index in [2.05, 4.69) is 5.43 Å². The summed E-state index contributed by atoms with van der Waals surface area (Å²) in [5.74, 6) is -0.990. The molecule has 1 fully saturated rings. The summed E-state index contributed by atoms with van der Waals surface area (Å²) in [7, 11) is 0. The highest BCUT2D eigenvalue weighted by atomic mass is 16.4. The number of hydrogen-bond acceptors (Lipinski definition) is 3. The molecule has 1 aliphatic rings. The number of amides is 1. The monoisotopic (exact) mass is 234 g/mol. The van der Waals surface area contributed by atoms with Gasteiger partial charge in [0.25, 0.3) is 0 Å². The van der Waals surface area contributed by atoms with Crippen LogP contribution in [0.15, 0.2) is 24.3 Å². The minimum atomic E-state index is -0.974. The maximum atomic E-state index is 11.8. The Morgan fingerprint density at radius 2 is 1.94 bits per heavy atom. The molecule has 1 aliphatic heterocycles.